The Morgan fingerprint density at radius 3 is 3.00 bits per heavy atom. The zero-order valence-corrected chi connectivity index (χ0v) is 12.2. The number of nitrogens with zero attached hydrogens (tertiary/aromatic N) is 2. The third kappa shape index (κ3) is 2.35. The average molecular weight is 275 g/mol. The first-order valence-electron chi connectivity index (χ1n) is 7.13. The van der Waals surface area contributed by atoms with Crippen LogP contribution in [0.2, 0.25) is 0 Å². The fraction of sp³-hybridized carbons (Fsp3) is 0.533. The molecular weight excluding hydrogens is 254 g/mol. The quantitative estimate of drug-likeness (QED) is 0.931. The Morgan fingerprint density at radius 1 is 1.42 bits per heavy atom. The van der Waals surface area contributed by atoms with Crippen molar-refractivity contribution in [2.75, 3.05) is 0 Å². The molecule has 0 radical (unpaired) electrons. The molecule has 2 heterocycles. The van der Waals surface area contributed by atoms with E-state index < -0.39 is 0 Å². The zero-order chi connectivity index (χ0) is 13.2. The minimum Gasteiger partial charge on any atom is -0.326 e. The van der Waals surface area contributed by atoms with Crippen LogP contribution in [-0.4, -0.2) is 15.6 Å². The zero-order valence-electron chi connectivity index (χ0n) is 11.4. The molecule has 0 amide bonds. The van der Waals surface area contributed by atoms with Gasteiger partial charge >= 0.3 is 0 Å². The van der Waals surface area contributed by atoms with Crippen LogP contribution in [0.25, 0.3) is 0 Å². The Kier molecular flexibility index (Phi) is 3.71. The van der Waals surface area contributed by atoms with E-state index >= 15 is 0 Å². The lowest BCUT2D eigenvalue weighted by Gasteiger charge is -2.27. The van der Waals surface area contributed by atoms with E-state index in [9.17, 15) is 0 Å². The van der Waals surface area contributed by atoms with E-state index in [1.807, 2.05) is 6.33 Å². The van der Waals surface area contributed by atoms with E-state index in [0.717, 1.165) is 19.3 Å². The number of hydrogen-bond donors (Lipinski definition) is 1. The van der Waals surface area contributed by atoms with E-state index in [2.05, 4.69) is 33.3 Å². The number of aryl methyl sites for hydroxylation is 1. The second kappa shape index (κ2) is 5.47. The van der Waals surface area contributed by atoms with Crippen LogP contribution in [-0.2, 0) is 12.8 Å². The summed E-state index contributed by atoms with van der Waals surface area (Å²) in [6, 6.07) is 2.58. The summed E-state index contributed by atoms with van der Waals surface area (Å²) in [4.78, 5) is 4.61. The predicted octanol–water partition coefficient (Wildman–Crippen LogP) is 3.15. The first-order valence-corrected chi connectivity index (χ1v) is 8.07. The predicted molar refractivity (Wildman–Crippen MR) is 79.6 cm³/mol. The molecule has 2 aromatic heterocycles. The van der Waals surface area contributed by atoms with Crippen molar-refractivity contribution >= 4 is 11.3 Å². The standard InChI is InChI=1S/C15H21N3S/c1-2-12(16)15(11-7-8-19-9-11)18-10-17-13-5-3-4-6-14(13)18/h7-10,12,15H,2-6,16H2,1H3. The van der Waals surface area contributed by atoms with Crippen LogP contribution in [0.15, 0.2) is 23.2 Å². The molecule has 102 valence electrons. The van der Waals surface area contributed by atoms with Gasteiger partial charge in [-0.3, -0.25) is 0 Å². The highest BCUT2D eigenvalue weighted by Gasteiger charge is 2.25. The number of fused-ring (bicyclic) bond motifs is 1. The van der Waals surface area contributed by atoms with Crippen LogP contribution >= 0.6 is 11.3 Å². The summed E-state index contributed by atoms with van der Waals surface area (Å²) in [6.45, 7) is 2.16. The number of thiophene rings is 1. The Balaban J connectivity index is 2.02. The van der Waals surface area contributed by atoms with E-state index in [0.29, 0.717) is 0 Å². The highest BCUT2D eigenvalue weighted by molar-refractivity contribution is 7.07. The van der Waals surface area contributed by atoms with Gasteiger partial charge in [0, 0.05) is 11.7 Å². The second-order valence-corrected chi connectivity index (χ2v) is 6.11. The molecular formula is C15H21N3S. The van der Waals surface area contributed by atoms with Gasteiger partial charge in [0.1, 0.15) is 0 Å². The summed E-state index contributed by atoms with van der Waals surface area (Å²) < 4.78 is 2.34. The molecule has 0 aliphatic heterocycles. The van der Waals surface area contributed by atoms with Crippen molar-refractivity contribution in [3.8, 4) is 0 Å². The molecule has 19 heavy (non-hydrogen) atoms. The lowest BCUT2D eigenvalue weighted by Crippen LogP contribution is -2.33. The summed E-state index contributed by atoms with van der Waals surface area (Å²) in [7, 11) is 0. The Hall–Kier alpha value is -1.13. The maximum atomic E-state index is 6.39. The largest absolute Gasteiger partial charge is 0.326 e. The van der Waals surface area contributed by atoms with Gasteiger partial charge in [-0.05, 0) is 54.5 Å². The Labute approximate surface area is 118 Å². The minimum absolute atomic E-state index is 0.148. The maximum absolute atomic E-state index is 6.39. The monoisotopic (exact) mass is 275 g/mol. The molecule has 0 fully saturated rings. The van der Waals surface area contributed by atoms with E-state index in [4.69, 9.17) is 5.73 Å². The number of hydrogen-bond acceptors (Lipinski definition) is 3. The van der Waals surface area contributed by atoms with Crippen LogP contribution in [0.3, 0.4) is 0 Å². The van der Waals surface area contributed by atoms with Gasteiger partial charge in [-0.15, -0.1) is 0 Å². The molecule has 3 nitrogen and oxygen atoms in total. The van der Waals surface area contributed by atoms with Gasteiger partial charge in [0.25, 0.3) is 0 Å². The number of imidazole rings is 1. The van der Waals surface area contributed by atoms with Gasteiger partial charge in [0.05, 0.1) is 18.1 Å². The summed E-state index contributed by atoms with van der Waals surface area (Å²) in [6.07, 6.45) is 7.80. The van der Waals surface area contributed by atoms with Gasteiger partial charge < -0.3 is 10.3 Å². The molecule has 1 aliphatic rings. The SMILES string of the molecule is CCC(N)C(c1ccsc1)n1cnc2c1CCCC2. The lowest BCUT2D eigenvalue weighted by atomic mass is 9.97. The third-order valence-electron chi connectivity index (χ3n) is 4.12. The molecule has 3 rings (SSSR count). The van der Waals surface area contributed by atoms with Crippen molar-refractivity contribution in [3.05, 3.63) is 40.1 Å². The molecule has 0 bridgehead atoms. The highest BCUT2D eigenvalue weighted by atomic mass is 32.1. The van der Waals surface area contributed by atoms with Crippen molar-refractivity contribution in [2.45, 2.75) is 51.1 Å². The molecule has 2 N–H and O–H groups in total. The Bertz CT molecular complexity index is 530. The molecule has 0 saturated heterocycles. The fourth-order valence-corrected chi connectivity index (χ4v) is 3.70. The van der Waals surface area contributed by atoms with Gasteiger partial charge in [-0.1, -0.05) is 6.92 Å². The molecule has 0 saturated carbocycles. The normalized spacial score (nSPS) is 18.0. The third-order valence-corrected chi connectivity index (χ3v) is 4.82. The number of nitrogens with two attached hydrogens (primary N) is 1. The summed E-state index contributed by atoms with van der Waals surface area (Å²) in [5.74, 6) is 0. The van der Waals surface area contributed by atoms with Crippen LogP contribution in [0.1, 0.15) is 49.2 Å². The van der Waals surface area contributed by atoms with Crippen LogP contribution < -0.4 is 5.73 Å². The molecule has 4 heteroatoms. The highest BCUT2D eigenvalue weighted by Crippen LogP contribution is 2.30. The summed E-state index contributed by atoms with van der Waals surface area (Å²) in [5.41, 5.74) is 10.4. The van der Waals surface area contributed by atoms with Crippen molar-refractivity contribution in [1.82, 2.24) is 9.55 Å². The molecule has 0 aromatic carbocycles. The Morgan fingerprint density at radius 2 is 2.26 bits per heavy atom. The molecule has 2 unspecified atom stereocenters. The smallest absolute Gasteiger partial charge is 0.0957 e. The van der Waals surface area contributed by atoms with Gasteiger partial charge in [0.2, 0.25) is 0 Å². The van der Waals surface area contributed by atoms with Gasteiger partial charge in [-0.25, -0.2) is 4.98 Å². The van der Waals surface area contributed by atoms with Crippen molar-refractivity contribution in [2.24, 2.45) is 5.73 Å². The summed E-state index contributed by atoms with van der Waals surface area (Å²) >= 11 is 1.74. The number of aromatic nitrogens is 2. The van der Waals surface area contributed by atoms with E-state index in [1.165, 1.54) is 29.8 Å². The first kappa shape index (κ1) is 12.9. The van der Waals surface area contributed by atoms with Crippen molar-refractivity contribution in [1.29, 1.82) is 0 Å². The minimum atomic E-state index is 0.148. The topological polar surface area (TPSA) is 43.8 Å². The van der Waals surface area contributed by atoms with Crippen LogP contribution in [0.5, 0.6) is 0 Å². The molecule has 1 aliphatic carbocycles. The maximum Gasteiger partial charge on any atom is 0.0957 e. The molecule has 0 spiro atoms. The van der Waals surface area contributed by atoms with Crippen LogP contribution in [0.4, 0.5) is 0 Å². The molecule has 2 aromatic rings. The van der Waals surface area contributed by atoms with Crippen molar-refractivity contribution < 1.29 is 0 Å². The van der Waals surface area contributed by atoms with Crippen molar-refractivity contribution in [3.63, 3.8) is 0 Å². The molecule has 2 atom stereocenters. The second-order valence-electron chi connectivity index (χ2n) is 5.33. The first-order chi connectivity index (χ1) is 9.31. The fourth-order valence-electron chi connectivity index (χ4n) is 3.01. The van der Waals surface area contributed by atoms with Crippen LogP contribution in [0, 0.1) is 0 Å². The summed E-state index contributed by atoms with van der Waals surface area (Å²) in [5, 5.41) is 4.35. The van der Waals surface area contributed by atoms with E-state index in [-0.39, 0.29) is 12.1 Å². The number of rotatable bonds is 4. The van der Waals surface area contributed by atoms with Gasteiger partial charge in [0.15, 0.2) is 0 Å². The van der Waals surface area contributed by atoms with E-state index in [1.54, 1.807) is 11.3 Å². The lowest BCUT2D eigenvalue weighted by molar-refractivity contribution is 0.443. The van der Waals surface area contributed by atoms with Gasteiger partial charge in [-0.2, -0.15) is 11.3 Å². The average Bonchev–Trinajstić information content (AvgIpc) is 3.09.